The van der Waals surface area contributed by atoms with E-state index >= 15 is 0 Å². The quantitative estimate of drug-likeness (QED) is 0.810. The first kappa shape index (κ1) is 18.4. The third-order valence-electron chi connectivity index (χ3n) is 4.13. The van der Waals surface area contributed by atoms with Crippen LogP contribution < -0.4 is 0 Å². The van der Waals surface area contributed by atoms with Crippen molar-refractivity contribution in [3.05, 3.63) is 30.1 Å². The lowest BCUT2D eigenvalue weighted by Crippen LogP contribution is -2.50. The first-order valence-corrected chi connectivity index (χ1v) is 9.39. The number of halogens is 1. The van der Waals surface area contributed by atoms with Gasteiger partial charge in [0.25, 0.3) is 0 Å². The van der Waals surface area contributed by atoms with Gasteiger partial charge in [0, 0.05) is 12.5 Å². The molecule has 0 saturated carbocycles. The number of rotatable bonds is 5. The fourth-order valence-electron chi connectivity index (χ4n) is 2.87. The molecule has 1 aliphatic heterocycles. The topological polar surface area (TPSA) is 91.8 Å². The van der Waals surface area contributed by atoms with Crippen molar-refractivity contribution in [3.8, 4) is 0 Å². The van der Waals surface area contributed by atoms with Gasteiger partial charge < -0.3 is 10.0 Å². The van der Waals surface area contributed by atoms with Gasteiger partial charge in [-0.25, -0.2) is 17.6 Å². The molecule has 0 bridgehead atoms. The predicted molar refractivity (Wildman–Crippen MR) is 84.6 cm³/mol. The summed E-state index contributed by atoms with van der Waals surface area (Å²) in [5, 5.41) is 9.23. The van der Waals surface area contributed by atoms with E-state index in [1.807, 2.05) is 0 Å². The predicted octanol–water partition coefficient (Wildman–Crippen LogP) is 1.70. The lowest BCUT2D eigenvalue weighted by Gasteiger charge is -2.34. The zero-order valence-corrected chi connectivity index (χ0v) is 14.1. The number of amides is 1. The van der Waals surface area contributed by atoms with Crippen LogP contribution in [0.15, 0.2) is 29.2 Å². The van der Waals surface area contributed by atoms with Crippen molar-refractivity contribution in [2.75, 3.05) is 12.3 Å². The van der Waals surface area contributed by atoms with Crippen LogP contribution in [-0.2, 0) is 19.4 Å². The molecule has 1 aromatic rings. The highest BCUT2D eigenvalue weighted by Crippen LogP contribution is 2.22. The fraction of sp³-hybridized carbons (Fsp3) is 0.500. The molecule has 1 amide bonds. The van der Waals surface area contributed by atoms with E-state index in [0.29, 0.717) is 19.4 Å². The summed E-state index contributed by atoms with van der Waals surface area (Å²) in [6.07, 6.45) is 1.80. The maximum Gasteiger partial charge on any atom is 0.326 e. The molecule has 1 heterocycles. The van der Waals surface area contributed by atoms with Crippen molar-refractivity contribution in [2.45, 2.75) is 37.1 Å². The molecule has 1 aliphatic rings. The Labute approximate surface area is 140 Å². The number of aliphatic carboxylic acids is 1. The largest absolute Gasteiger partial charge is 0.480 e. The monoisotopic (exact) mass is 357 g/mol. The number of piperidine rings is 1. The van der Waals surface area contributed by atoms with Crippen LogP contribution >= 0.6 is 0 Å². The van der Waals surface area contributed by atoms with E-state index in [2.05, 4.69) is 0 Å². The molecule has 2 rings (SSSR count). The Bertz CT molecular complexity index is 716. The van der Waals surface area contributed by atoms with E-state index < -0.39 is 45.2 Å². The Kier molecular flexibility index (Phi) is 5.58. The molecule has 2 unspecified atom stereocenters. The number of carboxylic acid groups (broad SMARTS) is 1. The molecule has 1 N–H and O–H groups in total. The molecule has 132 valence electrons. The highest BCUT2D eigenvalue weighted by Gasteiger charge is 2.35. The average Bonchev–Trinajstić information content (AvgIpc) is 2.54. The number of benzene rings is 1. The smallest absolute Gasteiger partial charge is 0.326 e. The molecule has 0 radical (unpaired) electrons. The van der Waals surface area contributed by atoms with Gasteiger partial charge in [-0.15, -0.1) is 0 Å². The zero-order valence-electron chi connectivity index (χ0n) is 13.3. The maximum atomic E-state index is 12.9. The molecular formula is C16H20FNO5S. The molecule has 0 spiro atoms. The average molecular weight is 357 g/mol. The standard InChI is InChI=1S/C16H20FNO5S/c1-11(10-24(22,23)13-7-5-12(17)6-8-13)15(19)18-9-3-2-4-14(18)16(20)21/h5-8,11,14H,2-4,9-10H2,1H3,(H,20,21). The molecule has 8 heteroatoms. The minimum absolute atomic E-state index is 0.0584. The highest BCUT2D eigenvalue weighted by molar-refractivity contribution is 7.91. The van der Waals surface area contributed by atoms with E-state index in [9.17, 15) is 27.5 Å². The Hall–Kier alpha value is -1.96. The van der Waals surface area contributed by atoms with Gasteiger partial charge >= 0.3 is 5.97 Å². The first-order valence-electron chi connectivity index (χ1n) is 7.74. The summed E-state index contributed by atoms with van der Waals surface area (Å²) in [6, 6.07) is 3.50. The van der Waals surface area contributed by atoms with E-state index in [-0.39, 0.29) is 4.90 Å². The summed E-state index contributed by atoms with van der Waals surface area (Å²) < 4.78 is 37.6. The molecule has 2 atom stereocenters. The number of hydrogen-bond acceptors (Lipinski definition) is 4. The third kappa shape index (κ3) is 4.11. The normalized spacial score (nSPS) is 19.8. The van der Waals surface area contributed by atoms with E-state index in [0.717, 1.165) is 30.7 Å². The van der Waals surface area contributed by atoms with Crippen LogP contribution in [0.5, 0.6) is 0 Å². The Morgan fingerprint density at radius 2 is 1.92 bits per heavy atom. The number of likely N-dealkylation sites (tertiary alicyclic amines) is 1. The van der Waals surface area contributed by atoms with Crippen LogP contribution in [0.2, 0.25) is 0 Å². The SMILES string of the molecule is CC(CS(=O)(=O)c1ccc(F)cc1)C(=O)N1CCCCC1C(=O)O. The number of carbonyl (C=O) groups excluding carboxylic acids is 1. The van der Waals surface area contributed by atoms with E-state index in [1.54, 1.807) is 0 Å². The third-order valence-corrected chi connectivity index (χ3v) is 6.06. The molecule has 1 aromatic carbocycles. The molecule has 24 heavy (non-hydrogen) atoms. The van der Waals surface area contributed by atoms with Gasteiger partial charge in [0.15, 0.2) is 9.84 Å². The van der Waals surface area contributed by atoms with Crippen molar-refractivity contribution < 1.29 is 27.5 Å². The molecular weight excluding hydrogens is 337 g/mol. The molecule has 1 fully saturated rings. The van der Waals surface area contributed by atoms with Crippen LogP contribution in [0.3, 0.4) is 0 Å². The maximum absolute atomic E-state index is 12.9. The summed E-state index contributed by atoms with van der Waals surface area (Å²) in [5.74, 6) is -3.42. The van der Waals surface area contributed by atoms with Crippen LogP contribution in [0.25, 0.3) is 0 Å². The highest BCUT2D eigenvalue weighted by atomic mass is 32.2. The van der Waals surface area contributed by atoms with Gasteiger partial charge in [0.05, 0.1) is 10.6 Å². The van der Waals surface area contributed by atoms with E-state index in [4.69, 9.17) is 0 Å². The number of carbonyl (C=O) groups is 2. The summed E-state index contributed by atoms with van der Waals surface area (Å²) in [4.78, 5) is 25.0. The van der Waals surface area contributed by atoms with Crippen molar-refractivity contribution in [1.29, 1.82) is 0 Å². The summed E-state index contributed by atoms with van der Waals surface area (Å²) in [5.41, 5.74) is 0. The molecule has 1 saturated heterocycles. The van der Waals surface area contributed by atoms with Crippen LogP contribution in [-0.4, -0.2) is 48.6 Å². The molecule has 0 aromatic heterocycles. The summed E-state index contributed by atoms with van der Waals surface area (Å²) in [6.45, 7) is 1.79. The van der Waals surface area contributed by atoms with Gasteiger partial charge in [-0.3, -0.25) is 4.79 Å². The van der Waals surface area contributed by atoms with Crippen LogP contribution in [0, 0.1) is 11.7 Å². The van der Waals surface area contributed by atoms with Gasteiger partial charge in [0.1, 0.15) is 11.9 Å². The Morgan fingerprint density at radius 3 is 2.50 bits per heavy atom. The lowest BCUT2D eigenvalue weighted by atomic mass is 10.0. The minimum atomic E-state index is -3.76. The summed E-state index contributed by atoms with van der Waals surface area (Å²) >= 11 is 0. The van der Waals surface area contributed by atoms with Gasteiger partial charge in [-0.1, -0.05) is 6.92 Å². The molecule has 6 nitrogen and oxygen atoms in total. The second-order valence-corrected chi connectivity index (χ2v) is 8.05. The Morgan fingerprint density at radius 1 is 1.29 bits per heavy atom. The van der Waals surface area contributed by atoms with Gasteiger partial charge in [-0.2, -0.15) is 0 Å². The van der Waals surface area contributed by atoms with Crippen molar-refractivity contribution in [2.24, 2.45) is 5.92 Å². The second kappa shape index (κ2) is 7.29. The van der Waals surface area contributed by atoms with Crippen molar-refractivity contribution in [3.63, 3.8) is 0 Å². The Balaban J connectivity index is 2.12. The van der Waals surface area contributed by atoms with Crippen molar-refractivity contribution in [1.82, 2.24) is 4.90 Å². The lowest BCUT2D eigenvalue weighted by molar-refractivity contribution is -0.153. The number of sulfone groups is 1. The second-order valence-electron chi connectivity index (χ2n) is 6.02. The zero-order chi connectivity index (χ0) is 17.9. The van der Waals surface area contributed by atoms with Crippen LogP contribution in [0.4, 0.5) is 4.39 Å². The van der Waals surface area contributed by atoms with Gasteiger partial charge in [-0.05, 0) is 43.5 Å². The number of nitrogens with zero attached hydrogens (tertiary/aromatic N) is 1. The fourth-order valence-corrected chi connectivity index (χ4v) is 4.42. The van der Waals surface area contributed by atoms with Crippen molar-refractivity contribution >= 4 is 21.7 Å². The van der Waals surface area contributed by atoms with E-state index in [1.165, 1.54) is 11.8 Å². The van der Waals surface area contributed by atoms with Crippen LogP contribution in [0.1, 0.15) is 26.2 Å². The minimum Gasteiger partial charge on any atom is -0.480 e. The number of hydrogen-bond donors (Lipinski definition) is 1. The number of carboxylic acids is 1. The molecule has 0 aliphatic carbocycles. The van der Waals surface area contributed by atoms with Gasteiger partial charge in [0.2, 0.25) is 5.91 Å². The summed E-state index contributed by atoms with van der Waals surface area (Å²) in [7, 11) is -3.76. The first-order chi connectivity index (χ1) is 11.2.